The molecule has 0 radical (unpaired) electrons. The first-order chi connectivity index (χ1) is 56.3. The number of benzene rings is 9. The van der Waals surface area contributed by atoms with Crippen molar-refractivity contribution in [2.45, 2.75) is 77.4 Å². The zero-order chi connectivity index (χ0) is 84.6. The van der Waals surface area contributed by atoms with Gasteiger partial charge in [-0.2, -0.15) is 0 Å². The number of halogens is 3. The molecule has 15 N–H and O–H groups in total. The van der Waals surface area contributed by atoms with Gasteiger partial charge in [-0.05, 0) is 165 Å². The van der Waals surface area contributed by atoms with Gasteiger partial charge in [0.05, 0.1) is 76.2 Å². The number of carbonyl (C=O) groups is 6. The fraction of sp³-hybridized carbons (Fsp3) is 0.267. The Morgan fingerprint density at radius 3 is 0.983 bits per heavy atom. The van der Waals surface area contributed by atoms with E-state index in [2.05, 4.69) is 26.2 Å². The Kier molecular flexibility index (Phi) is 28.7. The van der Waals surface area contributed by atoms with Crippen LogP contribution in [0.25, 0.3) is 100 Å². The second-order valence-electron chi connectivity index (χ2n) is 28.0. The SMILES string of the molecule is CCC(=O)c1c(-c2ccc(F)cc2)oc2cc(N(CC)CC)c(-c3cccc(C(=O)NC(CO)(CO)CO)c3)cc12.CCC(=O)c1c(-c2ccc(F)cc2)oc2cc(N)c(-c3cccc(C(=O)NC(CO)(CO)CO)c3)cc12.CCNc1cc2oc(-c3ccc(F)cc3)c(C(=O)CC)c2cc1-c1cccc(C(=O)NC(CO)(CO)CO)c1. The molecule has 3 heterocycles. The maximum atomic E-state index is 13.7. The van der Waals surface area contributed by atoms with Crippen LogP contribution in [0, 0.1) is 17.5 Å². The van der Waals surface area contributed by atoms with Crippen LogP contribution < -0.4 is 31.9 Å². The van der Waals surface area contributed by atoms with Gasteiger partial charge in [-0.25, -0.2) is 13.2 Å². The summed E-state index contributed by atoms with van der Waals surface area (Å²) in [6, 6.07) is 48.1. The highest BCUT2D eigenvalue weighted by atomic mass is 19.1. The topological polar surface area (TPSA) is 401 Å². The molecule has 3 amide bonds. The molecule has 0 saturated carbocycles. The summed E-state index contributed by atoms with van der Waals surface area (Å²) in [5.41, 5.74) is 12.5. The number of anilines is 3. The van der Waals surface area contributed by atoms with Crippen LogP contribution in [0.5, 0.6) is 0 Å². The zero-order valence-corrected chi connectivity index (χ0v) is 65.3. The number of aliphatic hydroxyl groups excluding tert-OH is 9. The second kappa shape index (κ2) is 38.5. The maximum Gasteiger partial charge on any atom is 0.251 e. The van der Waals surface area contributed by atoms with Crippen LogP contribution in [0.2, 0.25) is 0 Å². The average molecular weight is 1600 g/mol. The molecule has 117 heavy (non-hydrogen) atoms. The number of hydrogen-bond acceptors (Lipinski definition) is 21. The maximum absolute atomic E-state index is 13.7. The number of nitrogen functional groups attached to an aromatic ring is 1. The Bertz CT molecular complexity index is 5550. The largest absolute Gasteiger partial charge is 0.455 e. The van der Waals surface area contributed by atoms with Crippen molar-refractivity contribution in [3.05, 3.63) is 233 Å². The number of fused-ring (bicyclic) bond motifs is 3. The lowest BCUT2D eigenvalue weighted by Crippen LogP contribution is -2.57. The van der Waals surface area contributed by atoms with E-state index in [1.165, 1.54) is 48.5 Å². The monoisotopic (exact) mass is 1600 g/mol. The summed E-state index contributed by atoms with van der Waals surface area (Å²) in [5, 5.41) is 98.9. The molecule has 0 atom stereocenters. The standard InChI is InChI=1S/C32H35FN2O6.C30H31FN2O6.C28H27FN2O6/c1-4-27(39)29-25-15-24(21-8-7-9-22(14-21)31(40)34-32(17-36,18-37)19-38)26(35(5-2)6-3)16-28(25)41-30(29)20-10-12-23(33)13-11-20;1-3-25(37)27-23-13-22(19-6-5-7-20(12-19)29(38)33-30(15-34,16-35)17-36)24(32-4-2)14-26(23)39-28(27)18-8-10-21(31)11-9-18;1-2-23(35)25-21-11-20(22(30)12-24(21)37-26(25)16-6-8-19(29)9-7-16)17-4-3-5-18(10-17)27(36)31-28(13-32,14-33)15-34/h7-16,36-38H,4-6,17-19H2,1-3H3,(H,34,40);5-14,32,34-36H,3-4,15-17H2,1-2H3,(H,33,38);3-12,32-34H,2,13-15,30H2,1H3,(H,31,36). The van der Waals surface area contributed by atoms with Gasteiger partial charge in [0.1, 0.15) is 68.1 Å². The molecule has 12 aromatic rings. The van der Waals surface area contributed by atoms with Crippen molar-refractivity contribution in [2.75, 3.05) is 95.0 Å². The molecule has 3 aromatic heterocycles. The summed E-state index contributed by atoms with van der Waals surface area (Å²) in [4.78, 5) is 80.3. The molecule has 0 aliphatic heterocycles. The number of Topliss-reactive ketones (excluding diaryl/α,β-unsaturated/α-hetero) is 3. The average Bonchev–Trinajstić information content (AvgIpc) is 1.63. The van der Waals surface area contributed by atoms with Crippen molar-refractivity contribution in [2.24, 2.45) is 0 Å². The lowest BCUT2D eigenvalue weighted by atomic mass is 9.95. The molecule has 0 aliphatic rings. The summed E-state index contributed by atoms with van der Waals surface area (Å²) < 4.78 is 59.2. The van der Waals surface area contributed by atoms with Gasteiger partial charge in [0.25, 0.3) is 17.7 Å². The molecule has 0 bridgehead atoms. The van der Waals surface area contributed by atoms with Gasteiger partial charge in [0, 0.05) is 140 Å². The van der Waals surface area contributed by atoms with Crippen molar-refractivity contribution in [1.29, 1.82) is 0 Å². The Morgan fingerprint density at radius 2 is 0.667 bits per heavy atom. The third-order valence-electron chi connectivity index (χ3n) is 20.3. The van der Waals surface area contributed by atoms with Gasteiger partial charge in [0.15, 0.2) is 17.3 Å². The van der Waals surface area contributed by atoms with Crippen LogP contribution in [0.1, 0.15) is 123 Å². The van der Waals surface area contributed by atoms with Crippen LogP contribution in [-0.4, -0.2) is 177 Å². The summed E-state index contributed by atoms with van der Waals surface area (Å²) in [7, 11) is 0. The molecule has 0 aliphatic carbocycles. The van der Waals surface area contributed by atoms with Gasteiger partial charge in [-0.1, -0.05) is 57.2 Å². The Labute approximate surface area is 671 Å². The summed E-state index contributed by atoms with van der Waals surface area (Å²) in [5.74, 6) is -2.31. The van der Waals surface area contributed by atoms with Crippen LogP contribution in [0.4, 0.5) is 30.2 Å². The highest BCUT2D eigenvalue weighted by molar-refractivity contribution is 6.16. The molecule has 0 spiro atoms. The van der Waals surface area contributed by atoms with Gasteiger partial charge in [-0.3, -0.25) is 28.8 Å². The van der Waals surface area contributed by atoms with E-state index in [0.29, 0.717) is 142 Å². The first-order valence-corrected chi connectivity index (χ1v) is 38.0. The van der Waals surface area contributed by atoms with Crippen molar-refractivity contribution in [3.8, 4) is 67.4 Å². The van der Waals surface area contributed by atoms with E-state index in [1.54, 1.807) is 124 Å². The lowest BCUT2D eigenvalue weighted by molar-refractivity contribution is 0.0375. The minimum Gasteiger partial charge on any atom is -0.455 e. The molecular formula is C90H93F3N6O18. The van der Waals surface area contributed by atoms with Gasteiger partial charge < -0.3 is 91.1 Å². The van der Waals surface area contributed by atoms with Crippen molar-refractivity contribution in [1.82, 2.24) is 16.0 Å². The van der Waals surface area contributed by atoms with Crippen LogP contribution in [0.15, 0.2) is 195 Å². The van der Waals surface area contributed by atoms with E-state index in [4.69, 9.17) is 19.0 Å². The van der Waals surface area contributed by atoms with Crippen LogP contribution in [-0.2, 0) is 0 Å². The summed E-state index contributed by atoms with van der Waals surface area (Å²) in [6.07, 6.45) is 0.708. The fourth-order valence-electron chi connectivity index (χ4n) is 13.3. The highest BCUT2D eigenvalue weighted by Gasteiger charge is 2.35. The third kappa shape index (κ3) is 18.9. The number of nitrogens with zero attached hydrogens (tertiary/aromatic N) is 1. The molecule has 9 aromatic carbocycles. The number of rotatable bonds is 32. The van der Waals surface area contributed by atoms with Crippen molar-refractivity contribution < 1.29 is 101 Å². The molecule has 0 saturated heterocycles. The molecule has 12 rings (SSSR count). The first kappa shape index (κ1) is 87.2. The molecule has 0 fully saturated rings. The summed E-state index contributed by atoms with van der Waals surface area (Å²) >= 11 is 0. The number of hydrogen-bond donors (Lipinski definition) is 14. The zero-order valence-electron chi connectivity index (χ0n) is 65.3. The van der Waals surface area contributed by atoms with Crippen molar-refractivity contribution >= 4 is 85.0 Å². The van der Waals surface area contributed by atoms with E-state index < -0.39 is 111 Å². The summed E-state index contributed by atoms with van der Waals surface area (Å²) in [6.45, 7) is 7.43. The van der Waals surface area contributed by atoms with Gasteiger partial charge >= 0.3 is 0 Å². The molecule has 27 heteroatoms. The second-order valence-corrected chi connectivity index (χ2v) is 28.0. The van der Waals surface area contributed by atoms with E-state index >= 15 is 0 Å². The van der Waals surface area contributed by atoms with E-state index in [0.717, 1.165) is 11.3 Å². The molecule has 24 nitrogen and oxygen atoms in total. The number of carbonyl (C=O) groups excluding carboxylic acids is 6. The Balaban J connectivity index is 0.000000185. The number of nitrogens with two attached hydrogens (primary N) is 1. The third-order valence-corrected chi connectivity index (χ3v) is 20.3. The molecule has 612 valence electrons. The molecule has 0 unspecified atom stereocenters. The van der Waals surface area contributed by atoms with Crippen LogP contribution in [0.3, 0.4) is 0 Å². The minimum atomic E-state index is -1.58. The molecular weight excluding hydrogens is 1510 g/mol. The number of furan rings is 3. The van der Waals surface area contributed by atoms with E-state index in [-0.39, 0.29) is 53.3 Å². The van der Waals surface area contributed by atoms with Gasteiger partial charge in [-0.15, -0.1) is 0 Å². The minimum absolute atomic E-state index is 0.119. The van der Waals surface area contributed by atoms with Crippen molar-refractivity contribution in [3.63, 3.8) is 0 Å². The smallest absolute Gasteiger partial charge is 0.251 e. The number of amides is 3. The number of nitrogens with one attached hydrogen (secondary N) is 4. The van der Waals surface area contributed by atoms with Gasteiger partial charge in [0.2, 0.25) is 0 Å². The predicted octanol–water partition coefficient (Wildman–Crippen LogP) is 12.7. The number of ketones is 3. The lowest BCUT2D eigenvalue weighted by Gasteiger charge is -2.28. The normalized spacial score (nSPS) is 11.6. The first-order valence-electron chi connectivity index (χ1n) is 38.0. The van der Waals surface area contributed by atoms with E-state index in [9.17, 15) is 87.9 Å². The van der Waals surface area contributed by atoms with Crippen LogP contribution >= 0.6 is 0 Å². The Morgan fingerprint density at radius 1 is 0.368 bits per heavy atom. The van der Waals surface area contributed by atoms with E-state index in [1.807, 2.05) is 51.1 Å². The fourth-order valence-corrected chi connectivity index (χ4v) is 13.3. The quantitative estimate of drug-likeness (QED) is 0.0138. The highest BCUT2D eigenvalue weighted by Crippen LogP contribution is 2.45. The predicted molar refractivity (Wildman–Crippen MR) is 441 cm³/mol. The number of aliphatic hydroxyl groups is 9. The Hall–Kier alpha value is -12.2.